The van der Waals surface area contributed by atoms with Gasteiger partial charge >= 0.3 is 25.8 Å². The Labute approximate surface area is 198 Å². The molecule has 0 saturated carbocycles. The van der Waals surface area contributed by atoms with E-state index in [-0.39, 0.29) is 51.5 Å². The molecule has 1 aliphatic carbocycles. The maximum absolute atomic E-state index is 3.67. The smallest absolute Gasteiger partial charge is 0.358 e. The first-order valence-electron chi connectivity index (χ1n) is 9.52. The molecule has 29 heavy (non-hydrogen) atoms. The summed E-state index contributed by atoms with van der Waals surface area (Å²) in [5.74, 6) is 0. The standard InChI is InChI=1S/C21H25.C5H5.2CH3.Hf/c1-20(2,3)16-7-9-18-14(12-16)11-15-13-17(21(4,5)6)8-10-19(15)18;1-2-4-5-3-1;;;/h7-10,12H,11H2,1-6H3;1-5H;2*1H3;/q4*-1;+4. The van der Waals surface area contributed by atoms with E-state index in [1.807, 2.05) is 30.3 Å². The molecule has 1 heteroatoms. The monoisotopic (exact) mass is 552 g/mol. The quantitative estimate of drug-likeness (QED) is 0.154. The van der Waals surface area contributed by atoms with Crippen LogP contribution in [0.3, 0.4) is 0 Å². The molecule has 0 heterocycles. The number of fused-ring (bicyclic) bond motifs is 3. The minimum absolute atomic E-state index is 0. The molecule has 4 rings (SSSR count). The molecule has 0 fully saturated rings. The summed E-state index contributed by atoms with van der Waals surface area (Å²) >= 11 is 0. The van der Waals surface area contributed by atoms with E-state index in [1.54, 1.807) is 0 Å². The van der Waals surface area contributed by atoms with Crippen molar-refractivity contribution in [2.75, 3.05) is 0 Å². The van der Waals surface area contributed by atoms with Gasteiger partial charge in [0, 0.05) is 0 Å². The topological polar surface area (TPSA) is 0 Å². The summed E-state index contributed by atoms with van der Waals surface area (Å²) in [6.45, 7) is 13.6. The summed E-state index contributed by atoms with van der Waals surface area (Å²) in [6, 6.07) is 25.2. The molecular weight excluding hydrogens is 515 g/mol. The Balaban J connectivity index is 0.000000863. The van der Waals surface area contributed by atoms with Crippen LogP contribution in [0.5, 0.6) is 0 Å². The Hall–Kier alpha value is -1.34. The van der Waals surface area contributed by atoms with E-state index in [1.165, 1.54) is 33.4 Å². The van der Waals surface area contributed by atoms with E-state index in [2.05, 4.69) is 77.9 Å². The van der Waals surface area contributed by atoms with E-state index in [9.17, 15) is 0 Å². The van der Waals surface area contributed by atoms with Crippen molar-refractivity contribution in [1.29, 1.82) is 0 Å². The number of hydrogen-bond donors (Lipinski definition) is 0. The summed E-state index contributed by atoms with van der Waals surface area (Å²) < 4.78 is 0. The van der Waals surface area contributed by atoms with Crippen molar-refractivity contribution in [1.82, 2.24) is 0 Å². The Kier molecular flexibility index (Phi) is 10.1. The molecule has 3 aromatic rings. The second kappa shape index (κ2) is 10.6. The summed E-state index contributed by atoms with van der Waals surface area (Å²) in [6.07, 6.45) is 1.03. The predicted molar refractivity (Wildman–Crippen MR) is 126 cm³/mol. The minimum Gasteiger partial charge on any atom is -0.358 e. The molecule has 1 aliphatic rings. The van der Waals surface area contributed by atoms with Crippen molar-refractivity contribution in [2.24, 2.45) is 0 Å². The zero-order valence-electron chi connectivity index (χ0n) is 19.5. The molecule has 0 saturated heterocycles. The van der Waals surface area contributed by atoms with Crippen LogP contribution in [0.1, 0.15) is 63.8 Å². The minimum atomic E-state index is 0. The van der Waals surface area contributed by atoms with Crippen LogP contribution in [0.15, 0.2) is 60.7 Å². The molecular formula is C28H36Hf. The SMILES string of the molecule is CC(C)(C)c1[c-]c2c(cc1)-c1ccc(C(C)(C)C)cc1C2.[CH3-].[CH3-].[Hf+4].c1cc[cH-]c1. The van der Waals surface area contributed by atoms with Crippen molar-refractivity contribution < 1.29 is 25.8 Å². The van der Waals surface area contributed by atoms with Crippen LogP contribution in [0.2, 0.25) is 0 Å². The van der Waals surface area contributed by atoms with E-state index in [0.29, 0.717) is 0 Å². The van der Waals surface area contributed by atoms with Crippen LogP contribution in [-0.2, 0) is 43.1 Å². The van der Waals surface area contributed by atoms with E-state index in [4.69, 9.17) is 0 Å². The van der Waals surface area contributed by atoms with E-state index >= 15 is 0 Å². The number of benzene rings is 2. The van der Waals surface area contributed by atoms with Crippen molar-refractivity contribution in [2.45, 2.75) is 58.8 Å². The van der Waals surface area contributed by atoms with Crippen LogP contribution < -0.4 is 0 Å². The van der Waals surface area contributed by atoms with Crippen molar-refractivity contribution in [3.05, 3.63) is 104 Å². The second-order valence-corrected chi connectivity index (χ2v) is 9.28. The molecule has 0 aromatic heterocycles. The van der Waals surface area contributed by atoms with Gasteiger partial charge in [-0.05, 0) is 28.4 Å². The first-order chi connectivity index (χ1) is 12.2. The Bertz CT molecular complexity index is 793. The van der Waals surface area contributed by atoms with Crippen LogP contribution in [0.4, 0.5) is 0 Å². The van der Waals surface area contributed by atoms with Gasteiger partial charge in [0.15, 0.2) is 0 Å². The predicted octanol–water partition coefficient (Wildman–Crippen LogP) is 7.96. The summed E-state index contributed by atoms with van der Waals surface area (Å²) in [4.78, 5) is 0. The van der Waals surface area contributed by atoms with Crippen LogP contribution in [0, 0.1) is 20.9 Å². The van der Waals surface area contributed by atoms with Gasteiger partial charge in [-0.2, -0.15) is 42.0 Å². The van der Waals surface area contributed by atoms with Gasteiger partial charge in [-0.15, -0.1) is 11.1 Å². The molecule has 0 spiro atoms. The van der Waals surface area contributed by atoms with Gasteiger partial charge in [0.05, 0.1) is 0 Å². The molecule has 0 bridgehead atoms. The van der Waals surface area contributed by atoms with Crippen molar-refractivity contribution >= 4 is 0 Å². The molecule has 152 valence electrons. The number of rotatable bonds is 0. The van der Waals surface area contributed by atoms with Crippen LogP contribution in [-0.4, -0.2) is 0 Å². The average Bonchev–Trinajstić information content (AvgIpc) is 3.23. The molecule has 0 unspecified atom stereocenters. The fourth-order valence-corrected chi connectivity index (χ4v) is 3.35. The first-order valence-corrected chi connectivity index (χ1v) is 9.52. The number of hydrogen-bond acceptors (Lipinski definition) is 0. The maximum atomic E-state index is 3.67. The molecule has 3 aromatic carbocycles. The van der Waals surface area contributed by atoms with Gasteiger partial charge in [-0.1, -0.05) is 65.3 Å². The average molecular weight is 551 g/mol. The van der Waals surface area contributed by atoms with Gasteiger partial charge in [0.2, 0.25) is 0 Å². The Morgan fingerprint density at radius 2 is 1.38 bits per heavy atom. The van der Waals surface area contributed by atoms with E-state index < -0.39 is 0 Å². The van der Waals surface area contributed by atoms with Gasteiger partial charge in [0.25, 0.3) is 0 Å². The summed E-state index contributed by atoms with van der Waals surface area (Å²) in [7, 11) is 0. The normalized spacial score (nSPS) is 11.5. The zero-order chi connectivity index (χ0) is 18.9. The fourth-order valence-electron chi connectivity index (χ4n) is 3.35. The van der Waals surface area contributed by atoms with Crippen molar-refractivity contribution in [3.63, 3.8) is 0 Å². The fraction of sp³-hybridized carbons (Fsp3) is 0.321. The van der Waals surface area contributed by atoms with Gasteiger partial charge in [0.1, 0.15) is 0 Å². The summed E-state index contributed by atoms with van der Waals surface area (Å²) in [5.41, 5.74) is 8.70. The van der Waals surface area contributed by atoms with Crippen LogP contribution >= 0.6 is 0 Å². The summed E-state index contributed by atoms with van der Waals surface area (Å²) in [5, 5.41) is 0. The Morgan fingerprint density at radius 3 is 1.86 bits per heavy atom. The first kappa shape index (κ1) is 27.7. The van der Waals surface area contributed by atoms with E-state index in [0.717, 1.165) is 6.42 Å². The molecule has 0 amide bonds. The van der Waals surface area contributed by atoms with Crippen molar-refractivity contribution in [3.8, 4) is 11.1 Å². The molecule has 0 radical (unpaired) electrons. The van der Waals surface area contributed by atoms with Gasteiger partial charge in [-0.3, -0.25) is 0 Å². The largest absolute Gasteiger partial charge is 4.00 e. The van der Waals surface area contributed by atoms with Gasteiger partial charge in [-0.25, -0.2) is 12.1 Å². The Morgan fingerprint density at radius 1 is 0.793 bits per heavy atom. The maximum Gasteiger partial charge on any atom is 4.00 e. The van der Waals surface area contributed by atoms with Gasteiger partial charge < -0.3 is 14.9 Å². The third kappa shape index (κ3) is 6.57. The molecule has 0 nitrogen and oxygen atoms in total. The molecule has 0 atom stereocenters. The third-order valence-electron chi connectivity index (χ3n) is 5.02. The molecule has 0 N–H and O–H groups in total. The van der Waals surface area contributed by atoms with Crippen LogP contribution in [0.25, 0.3) is 11.1 Å². The molecule has 0 aliphatic heterocycles. The second-order valence-electron chi connectivity index (χ2n) is 9.28. The third-order valence-corrected chi connectivity index (χ3v) is 5.02. The zero-order valence-corrected chi connectivity index (χ0v) is 23.1.